The van der Waals surface area contributed by atoms with E-state index in [1.807, 2.05) is 18.2 Å². The van der Waals surface area contributed by atoms with Gasteiger partial charge in [-0.1, -0.05) is 24.3 Å². The summed E-state index contributed by atoms with van der Waals surface area (Å²) in [5.74, 6) is 0.843. The number of hydrogen-bond acceptors (Lipinski definition) is 5. The lowest BCUT2D eigenvalue weighted by molar-refractivity contribution is 0.415. The fourth-order valence-electron chi connectivity index (χ4n) is 3.75. The van der Waals surface area contributed by atoms with Crippen LogP contribution in [0, 0.1) is 6.92 Å². The monoisotopic (exact) mass is 425 g/mol. The number of methoxy groups -OCH3 is 1. The van der Waals surface area contributed by atoms with Crippen LogP contribution < -0.4 is 10.1 Å². The summed E-state index contributed by atoms with van der Waals surface area (Å²) in [5, 5.41) is 5.82. The molecule has 3 aromatic carbocycles. The van der Waals surface area contributed by atoms with E-state index in [9.17, 15) is 0 Å². The van der Waals surface area contributed by atoms with Gasteiger partial charge in [-0.25, -0.2) is 9.97 Å². The van der Waals surface area contributed by atoms with Crippen LogP contribution in [0.3, 0.4) is 0 Å². The summed E-state index contributed by atoms with van der Waals surface area (Å²) in [7, 11) is 1.68. The smallest absolute Gasteiger partial charge is 0.118 e. The zero-order chi connectivity index (χ0) is 21.2. The summed E-state index contributed by atoms with van der Waals surface area (Å²) < 4.78 is 6.54. The van der Waals surface area contributed by atoms with Gasteiger partial charge in [0, 0.05) is 24.0 Å². The van der Waals surface area contributed by atoms with E-state index in [4.69, 9.17) is 14.7 Å². The molecule has 154 valence electrons. The fraction of sp³-hybridized carbons (Fsp3) is 0.154. The van der Waals surface area contributed by atoms with E-state index in [-0.39, 0.29) is 0 Å². The SMILES string of the molecule is COc1ccc(-c2nc3cc(C)ccc3cc2CNCc2nc3ccccc3s2)cc1. The second kappa shape index (κ2) is 8.46. The molecule has 2 aromatic heterocycles. The third-order valence-corrected chi connectivity index (χ3v) is 6.38. The number of thiazole rings is 1. The Kier molecular flexibility index (Phi) is 5.37. The van der Waals surface area contributed by atoms with Crippen molar-refractivity contribution in [2.75, 3.05) is 7.11 Å². The van der Waals surface area contributed by atoms with Gasteiger partial charge in [0.1, 0.15) is 10.8 Å². The van der Waals surface area contributed by atoms with Gasteiger partial charge in [0.25, 0.3) is 0 Å². The molecule has 5 aromatic rings. The maximum Gasteiger partial charge on any atom is 0.118 e. The highest BCUT2D eigenvalue weighted by atomic mass is 32.1. The van der Waals surface area contributed by atoms with Crippen molar-refractivity contribution in [3.8, 4) is 17.0 Å². The van der Waals surface area contributed by atoms with Gasteiger partial charge in [-0.2, -0.15) is 0 Å². The third kappa shape index (κ3) is 4.15. The second-order valence-electron chi connectivity index (χ2n) is 7.60. The Morgan fingerprint density at radius 3 is 2.52 bits per heavy atom. The minimum Gasteiger partial charge on any atom is -0.497 e. The first-order valence-corrected chi connectivity index (χ1v) is 11.1. The Hall–Kier alpha value is -3.28. The molecular formula is C26H23N3OS. The van der Waals surface area contributed by atoms with Crippen molar-refractivity contribution in [3.63, 3.8) is 0 Å². The number of nitrogens with one attached hydrogen (secondary N) is 1. The number of benzene rings is 3. The first-order valence-electron chi connectivity index (χ1n) is 10.3. The lowest BCUT2D eigenvalue weighted by Crippen LogP contribution is -2.13. The van der Waals surface area contributed by atoms with Gasteiger partial charge in [0.2, 0.25) is 0 Å². The standard InChI is InChI=1S/C26H23N3OS/c1-17-7-8-19-14-20(15-27-16-25-28-22-5-3-4-6-24(22)31-25)26(29-23(19)13-17)18-9-11-21(30-2)12-10-18/h3-14,27H,15-16H2,1-2H3. The van der Waals surface area contributed by atoms with Crippen LogP contribution in [-0.4, -0.2) is 17.1 Å². The van der Waals surface area contributed by atoms with Crippen LogP contribution >= 0.6 is 11.3 Å². The maximum absolute atomic E-state index is 5.32. The maximum atomic E-state index is 5.32. The van der Waals surface area contributed by atoms with E-state index < -0.39 is 0 Å². The van der Waals surface area contributed by atoms with Gasteiger partial charge >= 0.3 is 0 Å². The highest BCUT2D eigenvalue weighted by molar-refractivity contribution is 7.18. The lowest BCUT2D eigenvalue weighted by atomic mass is 10.0. The van der Waals surface area contributed by atoms with Crippen LogP contribution in [0.25, 0.3) is 32.4 Å². The van der Waals surface area contributed by atoms with Crippen molar-refractivity contribution in [1.82, 2.24) is 15.3 Å². The molecule has 0 saturated heterocycles. The van der Waals surface area contributed by atoms with Crippen molar-refractivity contribution in [2.45, 2.75) is 20.0 Å². The highest BCUT2D eigenvalue weighted by Gasteiger charge is 2.11. The quantitative estimate of drug-likeness (QED) is 0.356. The molecule has 0 aliphatic heterocycles. The van der Waals surface area contributed by atoms with Crippen LogP contribution in [0.5, 0.6) is 5.75 Å². The van der Waals surface area contributed by atoms with Gasteiger partial charge in [0.15, 0.2) is 0 Å². The molecule has 4 nitrogen and oxygen atoms in total. The van der Waals surface area contributed by atoms with Crippen LogP contribution in [-0.2, 0) is 13.1 Å². The van der Waals surface area contributed by atoms with E-state index >= 15 is 0 Å². The number of nitrogens with zero attached hydrogens (tertiary/aromatic N) is 2. The molecule has 31 heavy (non-hydrogen) atoms. The largest absolute Gasteiger partial charge is 0.497 e. The Balaban J connectivity index is 1.45. The van der Waals surface area contributed by atoms with Gasteiger partial charge in [-0.15, -0.1) is 11.3 Å². The van der Waals surface area contributed by atoms with Gasteiger partial charge < -0.3 is 10.1 Å². The molecule has 1 N–H and O–H groups in total. The molecule has 0 atom stereocenters. The number of rotatable bonds is 6. The molecule has 5 heteroatoms. The van der Waals surface area contributed by atoms with Crippen LogP contribution in [0.2, 0.25) is 0 Å². The molecule has 0 aliphatic carbocycles. The van der Waals surface area contributed by atoms with Crippen LogP contribution in [0.1, 0.15) is 16.1 Å². The number of pyridine rings is 1. The number of fused-ring (bicyclic) bond motifs is 2. The average molecular weight is 426 g/mol. The minimum atomic E-state index is 0.716. The van der Waals surface area contributed by atoms with Gasteiger partial charge in [0.05, 0.1) is 28.5 Å². The molecule has 0 bridgehead atoms. The lowest BCUT2D eigenvalue weighted by Gasteiger charge is -2.13. The molecule has 0 saturated carbocycles. The molecule has 0 fully saturated rings. The number of para-hydroxylation sites is 1. The molecule has 0 aliphatic rings. The normalized spacial score (nSPS) is 11.3. The summed E-state index contributed by atoms with van der Waals surface area (Å²) in [4.78, 5) is 9.76. The number of ether oxygens (including phenoxy) is 1. The fourth-order valence-corrected chi connectivity index (χ4v) is 4.69. The summed E-state index contributed by atoms with van der Waals surface area (Å²) >= 11 is 1.74. The Bertz CT molecular complexity index is 1330. The summed E-state index contributed by atoms with van der Waals surface area (Å²) in [6.45, 7) is 3.54. The van der Waals surface area contributed by atoms with Gasteiger partial charge in [-0.05, 0) is 66.6 Å². The Labute approximate surface area is 185 Å². The Morgan fingerprint density at radius 1 is 0.871 bits per heavy atom. The van der Waals surface area contributed by atoms with E-state index in [2.05, 4.69) is 66.8 Å². The van der Waals surface area contributed by atoms with E-state index in [1.54, 1.807) is 18.4 Å². The van der Waals surface area contributed by atoms with Crippen molar-refractivity contribution in [1.29, 1.82) is 0 Å². The first-order chi connectivity index (χ1) is 15.2. The van der Waals surface area contributed by atoms with E-state index in [0.29, 0.717) is 6.54 Å². The third-order valence-electron chi connectivity index (χ3n) is 5.35. The topological polar surface area (TPSA) is 47.0 Å². The van der Waals surface area contributed by atoms with Crippen molar-refractivity contribution in [3.05, 3.63) is 88.9 Å². The number of aromatic nitrogens is 2. The summed E-state index contributed by atoms with van der Waals surface area (Å²) in [6.07, 6.45) is 0. The van der Waals surface area contributed by atoms with E-state index in [0.717, 1.165) is 45.0 Å². The average Bonchev–Trinajstić information content (AvgIpc) is 3.21. The molecular weight excluding hydrogens is 402 g/mol. The molecule has 5 rings (SSSR count). The summed E-state index contributed by atoms with van der Waals surface area (Å²) in [6, 6.07) is 25.0. The molecule has 0 unspecified atom stereocenters. The van der Waals surface area contributed by atoms with Crippen molar-refractivity contribution in [2.24, 2.45) is 0 Å². The molecule has 0 amide bonds. The number of aryl methyl sites for hydroxylation is 1. The van der Waals surface area contributed by atoms with Crippen LogP contribution in [0.4, 0.5) is 0 Å². The minimum absolute atomic E-state index is 0.716. The highest BCUT2D eigenvalue weighted by Crippen LogP contribution is 2.28. The first kappa shape index (κ1) is 19.7. The molecule has 0 spiro atoms. The van der Waals surface area contributed by atoms with E-state index in [1.165, 1.54) is 15.8 Å². The molecule has 0 radical (unpaired) electrons. The summed E-state index contributed by atoms with van der Waals surface area (Å²) in [5.41, 5.74) is 6.54. The zero-order valence-electron chi connectivity index (χ0n) is 17.6. The predicted molar refractivity (Wildman–Crippen MR) is 129 cm³/mol. The number of hydrogen-bond donors (Lipinski definition) is 1. The predicted octanol–water partition coefficient (Wildman–Crippen LogP) is 6.12. The van der Waals surface area contributed by atoms with Crippen molar-refractivity contribution >= 4 is 32.5 Å². The molecule has 2 heterocycles. The zero-order valence-corrected chi connectivity index (χ0v) is 18.4. The van der Waals surface area contributed by atoms with Crippen LogP contribution in [0.15, 0.2) is 72.8 Å². The second-order valence-corrected chi connectivity index (χ2v) is 8.71. The van der Waals surface area contributed by atoms with Crippen molar-refractivity contribution < 1.29 is 4.74 Å². The van der Waals surface area contributed by atoms with Gasteiger partial charge in [-0.3, -0.25) is 0 Å². The Morgan fingerprint density at radius 2 is 1.71 bits per heavy atom.